The highest BCUT2D eigenvalue weighted by Crippen LogP contribution is 2.43. The number of fused-ring (bicyclic) bond motifs is 2. The number of benzene rings is 2. The first-order valence-electron chi connectivity index (χ1n) is 15.0. The van der Waals surface area contributed by atoms with E-state index in [-0.39, 0.29) is 46.2 Å². The van der Waals surface area contributed by atoms with Crippen LogP contribution in [0.4, 0.5) is 21.5 Å². The Labute approximate surface area is 265 Å². The SMILES string of the molecule is O=C(O)c1cc(Nc2c(N(C3CCOC3)S(=O)O)cnc3cc(-c4cncc5c4OCC5)cc(F)c23)cc(OC2CCOCC2)c1. The number of rotatable bonds is 9. The zero-order valence-corrected chi connectivity index (χ0v) is 25.4. The second kappa shape index (κ2) is 12.8. The van der Waals surface area contributed by atoms with Gasteiger partial charge in [-0.3, -0.25) is 18.8 Å². The minimum absolute atomic E-state index is 0.0460. The maximum atomic E-state index is 16.4. The highest BCUT2D eigenvalue weighted by atomic mass is 32.2. The normalized spacial score (nSPS) is 18.6. The van der Waals surface area contributed by atoms with Crippen molar-refractivity contribution in [3.05, 3.63) is 65.9 Å². The van der Waals surface area contributed by atoms with E-state index in [0.29, 0.717) is 74.7 Å². The van der Waals surface area contributed by atoms with Crippen molar-refractivity contribution in [2.24, 2.45) is 0 Å². The summed E-state index contributed by atoms with van der Waals surface area (Å²) in [4.78, 5) is 21.0. The Kier molecular flexibility index (Phi) is 8.42. The molecule has 46 heavy (non-hydrogen) atoms. The first kappa shape index (κ1) is 30.3. The first-order chi connectivity index (χ1) is 22.4. The van der Waals surface area contributed by atoms with Crippen molar-refractivity contribution in [2.75, 3.05) is 42.7 Å². The van der Waals surface area contributed by atoms with Gasteiger partial charge in [0, 0.05) is 61.1 Å². The minimum Gasteiger partial charge on any atom is -0.492 e. The topological polar surface area (TPSA) is 153 Å². The highest BCUT2D eigenvalue weighted by Gasteiger charge is 2.32. The number of carboxylic acid groups (broad SMARTS) is 1. The van der Waals surface area contributed by atoms with Gasteiger partial charge < -0.3 is 29.4 Å². The summed E-state index contributed by atoms with van der Waals surface area (Å²) in [6, 6.07) is 7.03. The van der Waals surface area contributed by atoms with Crippen molar-refractivity contribution in [1.29, 1.82) is 0 Å². The fraction of sp³-hybridized carbons (Fsp3) is 0.344. The third-order valence-electron chi connectivity index (χ3n) is 8.34. The Balaban J connectivity index is 1.37. The molecule has 3 N–H and O–H groups in total. The smallest absolute Gasteiger partial charge is 0.335 e. The molecule has 2 atom stereocenters. The van der Waals surface area contributed by atoms with E-state index in [1.54, 1.807) is 24.5 Å². The van der Waals surface area contributed by atoms with E-state index < -0.39 is 29.1 Å². The van der Waals surface area contributed by atoms with Gasteiger partial charge in [0.15, 0.2) is 0 Å². The zero-order valence-electron chi connectivity index (χ0n) is 24.6. The first-order valence-corrected chi connectivity index (χ1v) is 16.0. The second-order valence-corrected chi connectivity index (χ2v) is 12.2. The molecule has 7 rings (SSSR count). The van der Waals surface area contributed by atoms with Crippen LogP contribution < -0.4 is 19.1 Å². The number of hydrogen-bond acceptors (Lipinski definition) is 9. The van der Waals surface area contributed by atoms with Gasteiger partial charge in [0.1, 0.15) is 23.4 Å². The van der Waals surface area contributed by atoms with Crippen LogP contribution in [0.2, 0.25) is 0 Å². The van der Waals surface area contributed by atoms with Gasteiger partial charge >= 0.3 is 5.97 Å². The summed E-state index contributed by atoms with van der Waals surface area (Å²) in [5.74, 6) is -0.869. The Morgan fingerprint density at radius 3 is 2.63 bits per heavy atom. The number of aromatic carboxylic acids is 1. The van der Waals surface area contributed by atoms with Crippen molar-refractivity contribution in [1.82, 2.24) is 9.97 Å². The van der Waals surface area contributed by atoms with Gasteiger partial charge in [-0.1, -0.05) is 0 Å². The van der Waals surface area contributed by atoms with E-state index in [1.807, 2.05) is 0 Å². The van der Waals surface area contributed by atoms with Crippen molar-refractivity contribution in [2.45, 2.75) is 37.8 Å². The number of nitrogens with zero attached hydrogens (tertiary/aromatic N) is 3. The van der Waals surface area contributed by atoms with E-state index in [9.17, 15) is 18.7 Å². The van der Waals surface area contributed by atoms with Crippen molar-refractivity contribution >= 4 is 45.2 Å². The van der Waals surface area contributed by atoms with Gasteiger partial charge in [0.25, 0.3) is 11.3 Å². The molecule has 0 bridgehead atoms. The summed E-state index contributed by atoms with van der Waals surface area (Å²) in [6.45, 7) is 2.16. The fourth-order valence-corrected chi connectivity index (χ4v) is 6.86. The third-order valence-corrected chi connectivity index (χ3v) is 9.17. The molecular weight excluding hydrogens is 619 g/mol. The largest absolute Gasteiger partial charge is 0.492 e. The standard InChI is InChI=1S/C32H31FN4O8S/c33-26-11-19(25-15-34-14-18-1-8-44-31(18)25)12-27-29(26)30(28(16-35-27)37(46(40)41)22-2-5-43-17-22)36-21-9-20(32(38)39)10-24(13-21)45-23-3-6-42-7-4-23/h9-16,22-23H,1-8,17H2,(H,35,36)(H,38,39)(H,40,41). The molecule has 0 radical (unpaired) electrons. The van der Waals surface area contributed by atoms with Gasteiger partial charge in [0.05, 0.1) is 66.5 Å². The Hall–Kier alpha value is -4.37. The molecule has 2 saturated heterocycles. The molecule has 4 aromatic rings. The van der Waals surface area contributed by atoms with Crippen molar-refractivity contribution < 1.29 is 42.0 Å². The van der Waals surface area contributed by atoms with Crippen molar-refractivity contribution in [3.8, 4) is 22.6 Å². The number of halogens is 1. The lowest BCUT2D eigenvalue weighted by molar-refractivity contribution is 0.0255. The van der Waals surface area contributed by atoms with E-state index in [4.69, 9.17) is 18.9 Å². The van der Waals surface area contributed by atoms with Crippen LogP contribution in [0.25, 0.3) is 22.0 Å². The van der Waals surface area contributed by atoms with Crippen LogP contribution in [0.5, 0.6) is 11.5 Å². The average molecular weight is 651 g/mol. The molecule has 0 spiro atoms. The van der Waals surface area contributed by atoms with Gasteiger partial charge in [-0.15, -0.1) is 0 Å². The van der Waals surface area contributed by atoms with Crippen LogP contribution in [0.15, 0.2) is 48.9 Å². The lowest BCUT2D eigenvalue weighted by atomic mass is 10.0. The minimum atomic E-state index is -2.52. The summed E-state index contributed by atoms with van der Waals surface area (Å²) in [5.41, 5.74) is 2.84. The summed E-state index contributed by atoms with van der Waals surface area (Å²) >= 11 is -2.52. The average Bonchev–Trinajstić information content (AvgIpc) is 3.75. The molecule has 240 valence electrons. The number of pyridine rings is 2. The van der Waals surface area contributed by atoms with E-state index in [0.717, 1.165) is 5.56 Å². The molecule has 2 fully saturated rings. The molecule has 2 aromatic heterocycles. The van der Waals surface area contributed by atoms with E-state index >= 15 is 4.39 Å². The van der Waals surface area contributed by atoms with Crippen LogP contribution >= 0.6 is 0 Å². The third kappa shape index (κ3) is 5.96. The van der Waals surface area contributed by atoms with Crippen LogP contribution in [-0.4, -0.2) is 75.0 Å². The summed E-state index contributed by atoms with van der Waals surface area (Å²) in [7, 11) is 0. The van der Waals surface area contributed by atoms with Crippen LogP contribution in [-0.2, 0) is 27.2 Å². The van der Waals surface area contributed by atoms with Gasteiger partial charge in [-0.05, 0) is 36.2 Å². The van der Waals surface area contributed by atoms with Crippen LogP contribution in [0, 0.1) is 5.82 Å². The maximum absolute atomic E-state index is 16.4. The Bertz CT molecular complexity index is 1830. The predicted octanol–water partition coefficient (Wildman–Crippen LogP) is 5.10. The molecule has 12 nitrogen and oxygen atoms in total. The monoisotopic (exact) mass is 650 g/mol. The Morgan fingerprint density at radius 1 is 1.04 bits per heavy atom. The predicted molar refractivity (Wildman–Crippen MR) is 168 cm³/mol. The van der Waals surface area contributed by atoms with Crippen molar-refractivity contribution in [3.63, 3.8) is 0 Å². The lowest BCUT2D eigenvalue weighted by Gasteiger charge is -2.28. The number of nitrogens with one attached hydrogen (secondary N) is 1. The number of anilines is 3. The molecule has 0 aliphatic carbocycles. The van der Waals surface area contributed by atoms with Gasteiger partial charge in [0.2, 0.25) is 0 Å². The molecule has 14 heteroatoms. The number of hydrogen-bond donors (Lipinski definition) is 3. The van der Waals surface area contributed by atoms with Gasteiger partial charge in [-0.2, -0.15) is 0 Å². The molecule has 2 unspecified atom stereocenters. The zero-order chi connectivity index (χ0) is 31.8. The molecule has 3 aliphatic rings. The maximum Gasteiger partial charge on any atom is 0.335 e. The Morgan fingerprint density at radius 2 is 1.87 bits per heavy atom. The summed E-state index contributed by atoms with van der Waals surface area (Å²) < 4.78 is 63.7. The summed E-state index contributed by atoms with van der Waals surface area (Å²) in [6.07, 6.45) is 7.07. The molecule has 0 saturated carbocycles. The lowest BCUT2D eigenvalue weighted by Crippen LogP contribution is -2.37. The van der Waals surface area contributed by atoms with Gasteiger partial charge in [-0.25, -0.2) is 13.4 Å². The number of carbonyl (C=O) groups is 1. The molecule has 5 heterocycles. The molecular formula is C32H31FN4O8S. The molecule has 2 aromatic carbocycles. The van der Waals surface area contributed by atoms with Crippen LogP contribution in [0.1, 0.15) is 35.2 Å². The van der Waals surface area contributed by atoms with E-state index in [1.165, 1.54) is 28.7 Å². The second-order valence-electron chi connectivity index (χ2n) is 11.3. The van der Waals surface area contributed by atoms with E-state index in [2.05, 4.69) is 15.3 Å². The van der Waals surface area contributed by atoms with Crippen LogP contribution in [0.3, 0.4) is 0 Å². The molecule has 3 aliphatic heterocycles. The summed E-state index contributed by atoms with van der Waals surface area (Å²) in [5, 5.41) is 13.1. The fourth-order valence-electron chi connectivity index (χ4n) is 6.13. The quantitative estimate of drug-likeness (QED) is 0.207. The number of ether oxygens (including phenoxy) is 4. The number of aromatic nitrogens is 2. The number of carboxylic acids is 1. The molecule has 0 amide bonds. The highest BCUT2D eigenvalue weighted by molar-refractivity contribution is 7.80.